The molecule has 3 atom stereocenters. The Morgan fingerprint density at radius 1 is 1.10 bits per heavy atom. The summed E-state index contributed by atoms with van der Waals surface area (Å²) in [4.78, 5) is 4.96. The summed E-state index contributed by atoms with van der Waals surface area (Å²) < 4.78 is 0. The van der Waals surface area contributed by atoms with Gasteiger partial charge >= 0.3 is 0 Å². The quantitative estimate of drug-likeness (QED) is 0.867. The summed E-state index contributed by atoms with van der Waals surface area (Å²) in [6, 6.07) is 0.711. The van der Waals surface area contributed by atoms with Crippen LogP contribution in [0.5, 0.6) is 0 Å². The van der Waals surface area contributed by atoms with Crippen LogP contribution in [0.3, 0.4) is 0 Å². The first-order chi connectivity index (χ1) is 9.77. The summed E-state index contributed by atoms with van der Waals surface area (Å²) in [6.07, 6.45) is 5.85. The molecule has 1 saturated heterocycles. The Balaban J connectivity index is 1.87. The highest BCUT2D eigenvalue weighted by molar-refractivity contribution is 4.88. The van der Waals surface area contributed by atoms with E-state index in [1.54, 1.807) is 0 Å². The Hall–Kier alpha value is -0.120. The van der Waals surface area contributed by atoms with Crippen LogP contribution < -0.4 is 0 Å². The Bertz CT molecular complexity index is 318. The van der Waals surface area contributed by atoms with Crippen LogP contribution in [0.15, 0.2) is 0 Å². The van der Waals surface area contributed by atoms with Gasteiger partial charge < -0.3 is 14.9 Å². The lowest BCUT2D eigenvalue weighted by Gasteiger charge is -2.43. The Kier molecular flexibility index (Phi) is 5.72. The van der Waals surface area contributed by atoms with Gasteiger partial charge in [-0.15, -0.1) is 0 Å². The van der Waals surface area contributed by atoms with E-state index in [0.29, 0.717) is 17.4 Å². The van der Waals surface area contributed by atoms with Gasteiger partial charge in [0.1, 0.15) is 0 Å². The van der Waals surface area contributed by atoms with Gasteiger partial charge in [-0.1, -0.05) is 20.8 Å². The van der Waals surface area contributed by atoms with Gasteiger partial charge in [0.05, 0.1) is 6.10 Å². The zero-order valence-electron chi connectivity index (χ0n) is 14.8. The van der Waals surface area contributed by atoms with Crippen LogP contribution in [-0.2, 0) is 0 Å². The minimum Gasteiger partial charge on any atom is -0.393 e. The molecule has 2 aliphatic rings. The molecule has 1 N–H and O–H groups in total. The van der Waals surface area contributed by atoms with Crippen molar-refractivity contribution in [3.63, 3.8) is 0 Å². The smallest absolute Gasteiger partial charge is 0.0580 e. The molecule has 2 rings (SSSR count). The van der Waals surface area contributed by atoms with Crippen LogP contribution >= 0.6 is 0 Å². The standard InChI is InChI=1S/C18H36N2O/c1-18(2,3)15-6-7-17(21)14(12-15)13-20(5)16-8-10-19(4)11-9-16/h14-17,21H,6-13H2,1-5H3. The molecule has 1 aliphatic heterocycles. The summed E-state index contributed by atoms with van der Waals surface area (Å²) in [6.45, 7) is 10.6. The predicted molar refractivity (Wildman–Crippen MR) is 89.4 cm³/mol. The molecule has 2 fully saturated rings. The van der Waals surface area contributed by atoms with E-state index in [0.717, 1.165) is 18.9 Å². The van der Waals surface area contributed by atoms with E-state index in [2.05, 4.69) is 44.7 Å². The van der Waals surface area contributed by atoms with E-state index in [1.165, 1.54) is 38.8 Å². The second kappa shape index (κ2) is 6.97. The van der Waals surface area contributed by atoms with Crippen molar-refractivity contribution in [3.05, 3.63) is 0 Å². The van der Waals surface area contributed by atoms with Crippen LogP contribution in [0.1, 0.15) is 52.9 Å². The molecular weight excluding hydrogens is 260 g/mol. The topological polar surface area (TPSA) is 26.7 Å². The first kappa shape index (κ1) is 17.2. The fraction of sp³-hybridized carbons (Fsp3) is 1.00. The average Bonchev–Trinajstić information content (AvgIpc) is 2.40. The summed E-state index contributed by atoms with van der Waals surface area (Å²) >= 11 is 0. The SMILES string of the molecule is CN1CCC(N(C)CC2CC(C(C)(C)C)CCC2O)CC1. The minimum atomic E-state index is -0.0858. The van der Waals surface area contributed by atoms with Crippen molar-refractivity contribution in [1.29, 1.82) is 0 Å². The maximum Gasteiger partial charge on any atom is 0.0580 e. The zero-order chi connectivity index (χ0) is 15.6. The summed E-state index contributed by atoms with van der Waals surface area (Å²) in [7, 11) is 4.48. The average molecular weight is 296 g/mol. The fourth-order valence-corrected chi connectivity index (χ4v) is 4.19. The molecule has 0 amide bonds. The second-order valence-corrected chi connectivity index (χ2v) is 8.68. The van der Waals surface area contributed by atoms with Gasteiger partial charge in [0.2, 0.25) is 0 Å². The van der Waals surface area contributed by atoms with Crippen LogP contribution in [0.4, 0.5) is 0 Å². The summed E-state index contributed by atoms with van der Waals surface area (Å²) in [5.41, 5.74) is 0.379. The highest BCUT2D eigenvalue weighted by Crippen LogP contribution is 2.40. The van der Waals surface area contributed by atoms with Crippen molar-refractivity contribution in [3.8, 4) is 0 Å². The third kappa shape index (κ3) is 4.67. The maximum absolute atomic E-state index is 10.4. The minimum absolute atomic E-state index is 0.0858. The van der Waals surface area contributed by atoms with Gasteiger partial charge in [0, 0.05) is 12.6 Å². The molecule has 0 aromatic heterocycles. The van der Waals surface area contributed by atoms with Crippen molar-refractivity contribution in [2.24, 2.45) is 17.3 Å². The van der Waals surface area contributed by atoms with Crippen molar-refractivity contribution in [2.75, 3.05) is 33.7 Å². The first-order valence-corrected chi connectivity index (χ1v) is 8.84. The first-order valence-electron chi connectivity index (χ1n) is 8.84. The molecule has 21 heavy (non-hydrogen) atoms. The molecule has 124 valence electrons. The molecule has 0 radical (unpaired) electrons. The van der Waals surface area contributed by atoms with E-state index >= 15 is 0 Å². The molecule has 1 heterocycles. The molecule has 0 aromatic carbocycles. The van der Waals surface area contributed by atoms with Gasteiger partial charge in [-0.25, -0.2) is 0 Å². The van der Waals surface area contributed by atoms with E-state index in [1.807, 2.05) is 0 Å². The van der Waals surface area contributed by atoms with Gasteiger partial charge in [0.15, 0.2) is 0 Å². The van der Waals surface area contributed by atoms with E-state index in [4.69, 9.17) is 0 Å². The number of likely N-dealkylation sites (tertiary alicyclic amines) is 1. The number of hydrogen-bond donors (Lipinski definition) is 1. The van der Waals surface area contributed by atoms with Crippen molar-refractivity contribution < 1.29 is 5.11 Å². The monoisotopic (exact) mass is 296 g/mol. The molecule has 0 spiro atoms. The van der Waals surface area contributed by atoms with Crippen LogP contribution in [0, 0.1) is 17.3 Å². The highest BCUT2D eigenvalue weighted by atomic mass is 16.3. The molecule has 3 nitrogen and oxygen atoms in total. The molecule has 1 saturated carbocycles. The number of hydrogen-bond acceptors (Lipinski definition) is 3. The van der Waals surface area contributed by atoms with Crippen LogP contribution in [0.2, 0.25) is 0 Å². The Morgan fingerprint density at radius 3 is 2.29 bits per heavy atom. The highest BCUT2D eigenvalue weighted by Gasteiger charge is 2.36. The maximum atomic E-state index is 10.4. The zero-order valence-corrected chi connectivity index (χ0v) is 14.8. The van der Waals surface area contributed by atoms with E-state index in [-0.39, 0.29) is 6.10 Å². The van der Waals surface area contributed by atoms with Crippen LogP contribution in [-0.4, -0.2) is 60.8 Å². The van der Waals surface area contributed by atoms with E-state index < -0.39 is 0 Å². The summed E-state index contributed by atoms with van der Waals surface area (Å²) in [5, 5.41) is 10.4. The third-order valence-corrected chi connectivity index (χ3v) is 6.00. The molecule has 0 bridgehead atoms. The largest absolute Gasteiger partial charge is 0.393 e. The summed E-state index contributed by atoms with van der Waals surface area (Å²) in [5.74, 6) is 1.23. The lowest BCUT2D eigenvalue weighted by Crippen LogP contribution is -2.46. The number of nitrogens with zero attached hydrogens (tertiary/aromatic N) is 2. The normalized spacial score (nSPS) is 33.6. The van der Waals surface area contributed by atoms with Gasteiger partial charge in [-0.3, -0.25) is 0 Å². The second-order valence-electron chi connectivity index (χ2n) is 8.68. The predicted octanol–water partition coefficient (Wildman–Crippen LogP) is 2.84. The Labute approximate surface area is 131 Å². The third-order valence-electron chi connectivity index (χ3n) is 6.00. The molecule has 0 aromatic rings. The molecule has 3 unspecified atom stereocenters. The molecular formula is C18H36N2O. The van der Waals surface area contributed by atoms with Gasteiger partial charge in [0.25, 0.3) is 0 Å². The van der Waals surface area contributed by atoms with Crippen LogP contribution in [0.25, 0.3) is 0 Å². The lowest BCUT2D eigenvalue weighted by atomic mass is 9.68. The van der Waals surface area contributed by atoms with Gasteiger partial charge in [-0.2, -0.15) is 0 Å². The number of rotatable bonds is 3. The number of piperidine rings is 1. The number of aliphatic hydroxyl groups excluding tert-OH is 1. The van der Waals surface area contributed by atoms with Crippen molar-refractivity contribution in [2.45, 2.75) is 65.0 Å². The van der Waals surface area contributed by atoms with Crippen molar-refractivity contribution >= 4 is 0 Å². The lowest BCUT2D eigenvalue weighted by molar-refractivity contribution is -0.00270. The fourth-order valence-electron chi connectivity index (χ4n) is 4.19. The van der Waals surface area contributed by atoms with E-state index in [9.17, 15) is 5.11 Å². The molecule has 3 heteroatoms. The Morgan fingerprint density at radius 2 is 1.71 bits per heavy atom. The number of aliphatic hydroxyl groups is 1. The van der Waals surface area contributed by atoms with Crippen molar-refractivity contribution in [1.82, 2.24) is 9.80 Å². The van der Waals surface area contributed by atoms with Gasteiger partial charge in [-0.05, 0) is 76.5 Å². The molecule has 1 aliphatic carbocycles.